The molecule has 2 heterocycles. The summed E-state index contributed by atoms with van der Waals surface area (Å²) in [5, 5.41) is 12.7. The number of aryl methyl sites for hydroxylation is 1. The number of hydrogen-bond acceptors (Lipinski definition) is 4. The number of pyridine rings is 1. The van der Waals surface area contributed by atoms with Gasteiger partial charge < -0.3 is 10.4 Å². The van der Waals surface area contributed by atoms with Crippen LogP contribution in [0, 0.1) is 12.7 Å². The molecule has 1 unspecified atom stereocenters. The second kappa shape index (κ2) is 7.23. The number of aromatic nitrogens is 3. The van der Waals surface area contributed by atoms with E-state index in [-0.39, 0.29) is 12.3 Å². The Bertz CT molecular complexity index is 877. The summed E-state index contributed by atoms with van der Waals surface area (Å²) in [7, 11) is 0. The van der Waals surface area contributed by atoms with E-state index in [2.05, 4.69) is 15.3 Å². The molecule has 1 aromatic carbocycles. The van der Waals surface area contributed by atoms with E-state index >= 15 is 0 Å². The molecule has 25 heavy (non-hydrogen) atoms. The average molecular weight is 340 g/mol. The predicted molar refractivity (Wildman–Crippen MR) is 90.7 cm³/mol. The van der Waals surface area contributed by atoms with Crippen molar-refractivity contribution in [3.8, 4) is 5.82 Å². The van der Waals surface area contributed by atoms with Gasteiger partial charge in [0.05, 0.1) is 24.4 Å². The van der Waals surface area contributed by atoms with Crippen molar-refractivity contribution in [1.82, 2.24) is 14.5 Å². The summed E-state index contributed by atoms with van der Waals surface area (Å²) in [4.78, 5) is 20.5. The first kappa shape index (κ1) is 16.8. The zero-order chi connectivity index (χ0) is 17.8. The summed E-state index contributed by atoms with van der Waals surface area (Å²) >= 11 is 0. The first-order valence-electron chi connectivity index (χ1n) is 7.72. The minimum absolute atomic E-state index is 0.175. The number of benzene rings is 1. The summed E-state index contributed by atoms with van der Waals surface area (Å²) in [5.74, 6) is 0.659. The second-order valence-electron chi connectivity index (χ2n) is 5.57. The van der Waals surface area contributed by atoms with Gasteiger partial charge in [0, 0.05) is 12.4 Å². The van der Waals surface area contributed by atoms with E-state index in [9.17, 15) is 14.3 Å². The third-order valence-electron chi connectivity index (χ3n) is 3.72. The van der Waals surface area contributed by atoms with E-state index < -0.39 is 11.9 Å². The van der Waals surface area contributed by atoms with Crippen LogP contribution in [-0.4, -0.2) is 25.5 Å². The van der Waals surface area contributed by atoms with E-state index in [0.29, 0.717) is 17.1 Å². The normalized spacial score (nSPS) is 12.0. The Morgan fingerprint density at radius 2 is 2.16 bits per heavy atom. The van der Waals surface area contributed by atoms with Crippen molar-refractivity contribution in [2.75, 3.05) is 5.32 Å². The smallest absolute Gasteiger partial charge is 0.227 e. The van der Waals surface area contributed by atoms with Crippen LogP contribution in [0.3, 0.4) is 0 Å². The molecule has 0 aliphatic heterocycles. The van der Waals surface area contributed by atoms with Crippen molar-refractivity contribution in [3.63, 3.8) is 0 Å². The van der Waals surface area contributed by atoms with E-state index in [0.717, 1.165) is 5.82 Å². The number of nitrogens with zero attached hydrogens (tertiary/aromatic N) is 3. The molecule has 2 N–H and O–H groups in total. The molecule has 0 bridgehead atoms. The number of nitrogens with one attached hydrogen (secondary N) is 1. The standard InChI is InChI=1S/C18H17FN4O2/c1-12-20-7-8-23(12)17-6-5-15(11-21-17)22-18(25)10-16(24)13-3-2-4-14(19)9-13/h2-9,11,16,24H,10H2,1H3,(H,22,25). The number of aliphatic hydroxyl groups is 1. The highest BCUT2D eigenvalue weighted by Crippen LogP contribution is 2.19. The van der Waals surface area contributed by atoms with Crippen LogP contribution in [0.1, 0.15) is 23.9 Å². The van der Waals surface area contributed by atoms with Crippen LogP contribution in [-0.2, 0) is 4.79 Å². The van der Waals surface area contributed by atoms with Gasteiger partial charge in [-0.1, -0.05) is 12.1 Å². The van der Waals surface area contributed by atoms with E-state index in [1.54, 1.807) is 30.6 Å². The molecule has 0 aliphatic rings. The molecule has 0 radical (unpaired) electrons. The van der Waals surface area contributed by atoms with Crippen molar-refractivity contribution >= 4 is 11.6 Å². The molecule has 0 saturated heterocycles. The van der Waals surface area contributed by atoms with Crippen molar-refractivity contribution < 1.29 is 14.3 Å². The van der Waals surface area contributed by atoms with Crippen LogP contribution >= 0.6 is 0 Å². The van der Waals surface area contributed by atoms with Gasteiger partial charge in [0.25, 0.3) is 0 Å². The van der Waals surface area contributed by atoms with Gasteiger partial charge in [-0.25, -0.2) is 14.4 Å². The Balaban J connectivity index is 1.62. The first-order valence-corrected chi connectivity index (χ1v) is 7.72. The minimum Gasteiger partial charge on any atom is -0.388 e. The minimum atomic E-state index is -1.07. The average Bonchev–Trinajstić information content (AvgIpc) is 3.01. The molecular weight excluding hydrogens is 323 g/mol. The molecule has 128 valence electrons. The number of carbonyl (C=O) groups excluding carboxylic acids is 1. The number of rotatable bonds is 5. The van der Waals surface area contributed by atoms with Gasteiger partial charge in [0.1, 0.15) is 17.5 Å². The maximum atomic E-state index is 13.2. The Morgan fingerprint density at radius 3 is 2.80 bits per heavy atom. The molecule has 1 amide bonds. The predicted octanol–water partition coefficient (Wildman–Crippen LogP) is 2.78. The number of anilines is 1. The van der Waals surface area contributed by atoms with Gasteiger partial charge in [0.15, 0.2) is 0 Å². The lowest BCUT2D eigenvalue weighted by atomic mass is 10.1. The number of hydrogen-bond donors (Lipinski definition) is 2. The largest absolute Gasteiger partial charge is 0.388 e. The van der Waals surface area contributed by atoms with Gasteiger partial charge in [-0.05, 0) is 36.8 Å². The van der Waals surface area contributed by atoms with Crippen LogP contribution < -0.4 is 5.32 Å². The maximum absolute atomic E-state index is 13.2. The lowest BCUT2D eigenvalue weighted by Crippen LogP contribution is -2.16. The van der Waals surface area contributed by atoms with Gasteiger partial charge >= 0.3 is 0 Å². The molecule has 1 atom stereocenters. The molecule has 6 nitrogen and oxygen atoms in total. The fourth-order valence-electron chi connectivity index (χ4n) is 2.44. The molecule has 0 saturated carbocycles. The third-order valence-corrected chi connectivity index (χ3v) is 3.72. The summed E-state index contributed by atoms with van der Waals surface area (Å²) in [6.45, 7) is 1.87. The monoisotopic (exact) mass is 340 g/mol. The Labute approximate surface area is 144 Å². The number of halogens is 1. The maximum Gasteiger partial charge on any atom is 0.227 e. The molecule has 3 rings (SSSR count). The van der Waals surface area contributed by atoms with E-state index in [1.807, 2.05) is 11.5 Å². The van der Waals surface area contributed by atoms with E-state index in [1.165, 1.54) is 24.4 Å². The number of imidazole rings is 1. The van der Waals surface area contributed by atoms with Crippen LogP contribution in [0.4, 0.5) is 10.1 Å². The quantitative estimate of drug-likeness (QED) is 0.748. The van der Waals surface area contributed by atoms with Gasteiger partial charge in [0.2, 0.25) is 5.91 Å². The zero-order valence-electron chi connectivity index (χ0n) is 13.6. The lowest BCUT2D eigenvalue weighted by Gasteiger charge is -2.12. The number of carbonyl (C=O) groups is 1. The lowest BCUT2D eigenvalue weighted by molar-refractivity contribution is -0.118. The first-order chi connectivity index (χ1) is 12.0. The zero-order valence-corrected chi connectivity index (χ0v) is 13.6. The molecule has 0 spiro atoms. The highest BCUT2D eigenvalue weighted by molar-refractivity contribution is 5.90. The SMILES string of the molecule is Cc1nccn1-c1ccc(NC(=O)CC(O)c2cccc(F)c2)cn1. The molecular formula is C18H17FN4O2. The summed E-state index contributed by atoms with van der Waals surface area (Å²) in [6, 6.07) is 9.03. The van der Waals surface area contributed by atoms with Crippen molar-refractivity contribution in [1.29, 1.82) is 0 Å². The van der Waals surface area contributed by atoms with Crippen LogP contribution in [0.5, 0.6) is 0 Å². The second-order valence-corrected chi connectivity index (χ2v) is 5.57. The van der Waals surface area contributed by atoms with Gasteiger partial charge in [-0.2, -0.15) is 0 Å². The topological polar surface area (TPSA) is 80.0 Å². The Hall–Kier alpha value is -3.06. The Morgan fingerprint density at radius 1 is 1.32 bits per heavy atom. The van der Waals surface area contributed by atoms with Crippen LogP contribution in [0.25, 0.3) is 5.82 Å². The highest BCUT2D eigenvalue weighted by atomic mass is 19.1. The fraction of sp³-hybridized carbons (Fsp3) is 0.167. The molecule has 2 aromatic heterocycles. The van der Waals surface area contributed by atoms with Gasteiger partial charge in [-0.3, -0.25) is 9.36 Å². The molecule has 0 fully saturated rings. The van der Waals surface area contributed by atoms with Crippen LogP contribution in [0.2, 0.25) is 0 Å². The van der Waals surface area contributed by atoms with Gasteiger partial charge in [-0.15, -0.1) is 0 Å². The highest BCUT2D eigenvalue weighted by Gasteiger charge is 2.14. The summed E-state index contributed by atoms with van der Waals surface area (Å²) < 4.78 is 15.0. The number of aliphatic hydroxyl groups excluding tert-OH is 1. The molecule has 0 aliphatic carbocycles. The molecule has 7 heteroatoms. The van der Waals surface area contributed by atoms with E-state index in [4.69, 9.17) is 0 Å². The van der Waals surface area contributed by atoms with Crippen molar-refractivity contribution in [2.24, 2.45) is 0 Å². The Kier molecular flexibility index (Phi) is 4.85. The third kappa shape index (κ3) is 4.07. The summed E-state index contributed by atoms with van der Waals surface area (Å²) in [5.41, 5.74) is 0.872. The molecule has 3 aromatic rings. The van der Waals surface area contributed by atoms with Crippen molar-refractivity contribution in [3.05, 3.63) is 72.2 Å². The number of amides is 1. The summed E-state index contributed by atoms with van der Waals surface area (Å²) in [6.07, 6.45) is 3.76. The fourth-order valence-corrected chi connectivity index (χ4v) is 2.44. The van der Waals surface area contributed by atoms with Crippen LogP contribution in [0.15, 0.2) is 55.0 Å². The van der Waals surface area contributed by atoms with Crippen molar-refractivity contribution in [2.45, 2.75) is 19.4 Å².